The summed E-state index contributed by atoms with van der Waals surface area (Å²) in [6.45, 7) is 0.955. The minimum atomic E-state index is 0.0697. The van der Waals surface area contributed by atoms with Gasteiger partial charge >= 0.3 is 0 Å². The molecular weight excluding hydrogens is 512 g/mol. The largest absolute Gasteiger partial charge is 0.497 e. The van der Waals surface area contributed by atoms with E-state index in [1.165, 1.54) is 0 Å². The zero-order valence-corrected chi connectivity index (χ0v) is 23.7. The molecule has 1 saturated carbocycles. The third-order valence-corrected chi connectivity index (χ3v) is 7.54. The highest BCUT2D eigenvalue weighted by Gasteiger charge is 2.30. The standard InChI is InChI=1S/C29H36N6O5/c1-36-21-12-10-19(25(14-21)39-4)16-34(17-20-11-13-22(37-2)15-26(20)40-5)28-27-29(31-18-30-28)35(33-32-27)23-8-6-7-9-24(23)38-3/h10-15,18,23-24H,6-9,16-17H2,1-5H3/t23-,24+/m0/s1. The van der Waals surface area contributed by atoms with Crippen molar-refractivity contribution in [3.63, 3.8) is 0 Å². The quantitative estimate of drug-likeness (QED) is 0.264. The molecule has 4 aromatic rings. The molecule has 1 aliphatic rings. The smallest absolute Gasteiger partial charge is 0.184 e. The van der Waals surface area contributed by atoms with Gasteiger partial charge in [0.2, 0.25) is 0 Å². The predicted octanol–water partition coefficient (Wildman–Crippen LogP) is 4.59. The molecule has 212 valence electrons. The molecule has 2 heterocycles. The second kappa shape index (κ2) is 12.4. The van der Waals surface area contributed by atoms with Crippen LogP contribution in [0, 0.1) is 0 Å². The molecule has 0 saturated heterocycles. The lowest BCUT2D eigenvalue weighted by molar-refractivity contribution is 0.0253. The molecule has 0 unspecified atom stereocenters. The maximum atomic E-state index is 5.81. The van der Waals surface area contributed by atoms with Crippen LogP contribution in [-0.2, 0) is 17.8 Å². The summed E-state index contributed by atoms with van der Waals surface area (Å²) in [6.07, 6.45) is 5.85. The minimum absolute atomic E-state index is 0.0697. The highest BCUT2D eigenvalue weighted by atomic mass is 16.5. The van der Waals surface area contributed by atoms with Crippen LogP contribution in [0.2, 0.25) is 0 Å². The fourth-order valence-electron chi connectivity index (χ4n) is 5.42. The van der Waals surface area contributed by atoms with E-state index in [1.54, 1.807) is 41.9 Å². The zero-order chi connectivity index (χ0) is 28.1. The van der Waals surface area contributed by atoms with Gasteiger partial charge in [-0.2, -0.15) is 0 Å². The third kappa shape index (κ3) is 5.46. The first-order valence-electron chi connectivity index (χ1n) is 13.4. The number of ether oxygens (including phenoxy) is 5. The Balaban J connectivity index is 1.59. The number of fused-ring (bicyclic) bond motifs is 1. The van der Waals surface area contributed by atoms with Crippen molar-refractivity contribution >= 4 is 17.0 Å². The maximum Gasteiger partial charge on any atom is 0.184 e. The van der Waals surface area contributed by atoms with Crippen LogP contribution >= 0.6 is 0 Å². The molecule has 0 amide bonds. The SMILES string of the molecule is COc1ccc(CN(Cc2ccc(OC)cc2OC)c2ncnc3c2nnn3[C@H]2CCCC[C@H]2OC)c(OC)c1. The summed E-state index contributed by atoms with van der Waals surface area (Å²) in [7, 11) is 8.34. The van der Waals surface area contributed by atoms with Gasteiger partial charge in [0, 0.05) is 43.5 Å². The summed E-state index contributed by atoms with van der Waals surface area (Å²) >= 11 is 0. The summed E-state index contributed by atoms with van der Waals surface area (Å²) in [5, 5.41) is 9.16. The van der Waals surface area contributed by atoms with E-state index in [1.807, 2.05) is 41.1 Å². The van der Waals surface area contributed by atoms with Crippen LogP contribution in [0.5, 0.6) is 23.0 Å². The predicted molar refractivity (Wildman–Crippen MR) is 150 cm³/mol. The van der Waals surface area contributed by atoms with Crippen LogP contribution < -0.4 is 23.8 Å². The van der Waals surface area contributed by atoms with E-state index in [9.17, 15) is 0 Å². The number of rotatable bonds is 11. The Morgan fingerprint density at radius 3 is 2.00 bits per heavy atom. The van der Waals surface area contributed by atoms with E-state index in [-0.39, 0.29) is 12.1 Å². The zero-order valence-electron chi connectivity index (χ0n) is 23.7. The highest BCUT2D eigenvalue weighted by Crippen LogP contribution is 2.35. The highest BCUT2D eigenvalue weighted by molar-refractivity contribution is 5.82. The molecule has 0 radical (unpaired) electrons. The van der Waals surface area contributed by atoms with Crippen molar-refractivity contribution in [2.75, 3.05) is 40.4 Å². The summed E-state index contributed by atoms with van der Waals surface area (Å²) in [4.78, 5) is 11.5. The number of hydrogen-bond acceptors (Lipinski definition) is 10. The second-order valence-corrected chi connectivity index (χ2v) is 9.74. The van der Waals surface area contributed by atoms with E-state index in [2.05, 4.69) is 20.2 Å². The van der Waals surface area contributed by atoms with Crippen LogP contribution in [0.3, 0.4) is 0 Å². The van der Waals surface area contributed by atoms with Crippen molar-refractivity contribution in [3.8, 4) is 23.0 Å². The first kappa shape index (κ1) is 27.4. The number of aromatic nitrogens is 5. The normalized spacial score (nSPS) is 17.0. The van der Waals surface area contributed by atoms with Crippen molar-refractivity contribution in [3.05, 3.63) is 53.9 Å². The van der Waals surface area contributed by atoms with Gasteiger partial charge in [0.25, 0.3) is 0 Å². The van der Waals surface area contributed by atoms with Gasteiger partial charge in [-0.05, 0) is 37.1 Å². The number of anilines is 1. The average Bonchev–Trinajstić information content (AvgIpc) is 3.45. The van der Waals surface area contributed by atoms with E-state index in [0.717, 1.165) is 48.3 Å². The van der Waals surface area contributed by atoms with Gasteiger partial charge in [-0.3, -0.25) is 0 Å². The molecule has 11 heteroatoms. The van der Waals surface area contributed by atoms with Crippen LogP contribution in [0.4, 0.5) is 5.82 Å². The molecule has 0 spiro atoms. The van der Waals surface area contributed by atoms with E-state index >= 15 is 0 Å². The number of methoxy groups -OCH3 is 5. The van der Waals surface area contributed by atoms with Crippen molar-refractivity contribution in [2.24, 2.45) is 0 Å². The van der Waals surface area contributed by atoms with Crippen molar-refractivity contribution < 1.29 is 23.7 Å². The number of nitrogens with zero attached hydrogens (tertiary/aromatic N) is 6. The van der Waals surface area contributed by atoms with Crippen LogP contribution in [0.25, 0.3) is 11.2 Å². The Bertz CT molecular complexity index is 1390. The number of benzene rings is 2. The Hall–Kier alpha value is -4.12. The topological polar surface area (TPSA) is 106 Å². The Morgan fingerprint density at radius 1 is 0.800 bits per heavy atom. The fourth-order valence-corrected chi connectivity index (χ4v) is 5.42. The Kier molecular flexibility index (Phi) is 8.49. The summed E-state index contributed by atoms with van der Waals surface area (Å²) in [5.41, 5.74) is 3.23. The van der Waals surface area contributed by atoms with Crippen LogP contribution in [0.1, 0.15) is 42.9 Å². The lowest BCUT2D eigenvalue weighted by Crippen LogP contribution is -2.30. The van der Waals surface area contributed by atoms with Gasteiger partial charge < -0.3 is 28.6 Å². The summed E-state index contributed by atoms with van der Waals surface area (Å²) in [6, 6.07) is 11.7. The molecule has 1 fully saturated rings. The minimum Gasteiger partial charge on any atom is -0.497 e. The Morgan fingerprint density at radius 2 is 1.43 bits per heavy atom. The molecule has 0 aliphatic heterocycles. The average molecular weight is 549 g/mol. The van der Waals surface area contributed by atoms with Gasteiger partial charge in [0.15, 0.2) is 17.0 Å². The van der Waals surface area contributed by atoms with E-state index in [4.69, 9.17) is 28.7 Å². The van der Waals surface area contributed by atoms with Gasteiger partial charge in [0.05, 0.1) is 40.6 Å². The van der Waals surface area contributed by atoms with Crippen LogP contribution in [0.15, 0.2) is 42.7 Å². The lowest BCUT2D eigenvalue weighted by Gasteiger charge is -2.30. The van der Waals surface area contributed by atoms with Crippen molar-refractivity contribution in [1.29, 1.82) is 0 Å². The molecule has 2 aromatic heterocycles. The first-order chi connectivity index (χ1) is 19.6. The molecule has 0 N–H and O–H groups in total. The molecule has 0 bridgehead atoms. The van der Waals surface area contributed by atoms with Gasteiger partial charge in [-0.15, -0.1) is 5.10 Å². The summed E-state index contributed by atoms with van der Waals surface area (Å²) < 4.78 is 30.0. The van der Waals surface area contributed by atoms with Crippen molar-refractivity contribution in [1.82, 2.24) is 25.0 Å². The molecule has 11 nitrogen and oxygen atoms in total. The van der Waals surface area contributed by atoms with E-state index < -0.39 is 0 Å². The van der Waals surface area contributed by atoms with Crippen molar-refractivity contribution in [2.45, 2.75) is 50.9 Å². The molecule has 5 rings (SSSR count). The fraction of sp³-hybridized carbons (Fsp3) is 0.448. The summed E-state index contributed by atoms with van der Waals surface area (Å²) in [5.74, 6) is 3.53. The van der Waals surface area contributed by atoms with Crippen LogP contribution in [-0.4, -0.2) is 66.6 Å². The molecule has 2 aromatic carbocycles. The van der Waals surface area contributed by atoms with E-state index in [0.29, 0.717) is 41.6 Å². The maximum absolute atomic E-state index is 5.81. The number of hydrogen-bond donors (Lipinski definition) is 0. The van der Waals surface area contributed by atoms with Gasteiger partial charge in [-0.25, -0.2) is 14.6 Å². The second-order valence-electron chi connectivity index (χ2n) is 9.74. The molecule has 1 aliphatic carbocycles. The lowest BCUT2D eigenvalue weighted by atomic mass is 9.92. The van der Waals surface area contributed by atoms with Gasteiger partial charge in [0.1, 0.15) is 29.3 Å². The monoisotopic (exact) mass is 548 g/mol. The first-order valence-corrected chi connectivity index (χ1v) is 13.4. The molecule has 2 atom stereocenters. The Labute approximate surface area is 234 Å². The third-order valence-electron chi connectivity index (χ3n) is 7.54. The molecular formula is C29H36N6O5. The van der Waals surface area contributed by atoms with Gasteiger partial charge in [-0.1, -0.05) is 18.1 Å². The molecule has 40 heavy (non-hydrogen) atoms.